The third kappa shape index (κ3) is 15.8. The van der Waals surface area contributed by atoms with Crippen LogP contribution >= 0.6 is 0 Å². The zero-order valence-corrected chi connectivity index (χ0v) is 57.2. The minimum atomic E-state index is -4.47. The van der Waals surface area contributed by atoms with Gasteiger partial charge >= 0.3 is 6.18 Å². The molecule has 27 nitrogen and oxygen atoms in total. The molecule has 3 amide bonds. The van der Waals surface area contributed by atoms with Gasteiger partial charge < -0.3 is 52.3 Å². The van der Waals surface area contributed by atoms with Gasteiger partial charge in [-0.25, -0.2) is 43.9 Å². The summed E-state index contributed by atoms with van der Waals surface area (Å²) in [6, 6.07) is 21.5. The van der Waals surface area contributed by atoms with Crippen LogP contribution in [0.1, 0.15) is 125 Å². The Hall–Kier alpha value is -9.33. The number of nitrogen functional groups attached to an aromatic ring is 3. The number of anilines is 3. The molecule has 16 rings (SSSR count). The Kier molecular flexibility index (Phi) is 21.3. The number of morpholine rings is 3. The number of alkyl halides is 3. The van der Waals surface area contributed by atoms with E-state index in [4.69, 9.17) is 46.7 Å². The lowest BCUT2D eigenvalue weighted by Crippen LogP contribution is -2.60. The fraction of sp³-hybridized carbons (Fsp3) is 0.500. The van der Waals surface area contributed by atoms with Crippen molar-refractivity contribution in [1.29, 1.82) is 0 Å². The second kappa shape index (κ2) is 31.1. The van der Waals surface area contributed by atoms with E-state index in [0.29, 0.717) is 80.1 Å². The highest BCUT2D eigenvalue weighted by atomic mass is 19.4. The number of likely N-dealkylation sites (N-methyl/N-ethyl adjacent to an activating group) is 1. The Bertz CT molecular complexity index is 4400. The molecule has 6 aromatic heterocycles. The number of amides is 3. The molecule has 3 aliphatic heterocycles. The number of nitrogens with zero attached hydrogens (tertiary/aromatic N) is 14. The normalized spacial score (nSPS) is 21.1. The van der Waals surface area contributed by atoms with Crippen LogP contribution in [0, 0.1) is 5.92 Å². The summed E-state index contributed by atoms with van der Waals surface area (Å²) >= 11 is 0. The SMILES string of the molecule is CN1CCOC(C(=O)NCc2ccc(-c3nn(C4CCCC4)c4ncnc(N)c34)cc2)C1.Nc1ncnc2c1c(-c1ccc(CNC(=O)C3COCC(C(F)(F)F)N3)cc1)nn2C1CCCC1.Nc1ncnc2c1c(-c1ccc(CNC(=O)C3COCCN3CC3CC3)cc1)nn2C1CCCC1. The summed E-state index contributed by atoms with van der Waals surface area (Å²) in [6.45, 7) is 5.54. The zero-order chi connectivity index (χ0) is 70.4. The van der Waals surface area contributed by atoms with Crippen LogP contribution < -0.4 is 38.5 Å². The van der Waals surface area contributed by atoms with Gasteiger partial charge in [0.05, 0.1) is 67.3 Å². The van der Waals surface area contributed by atoms with Crippen molar-refractivity contribution < 1.29 is 41.8 Å². The number of hydrogen-bond donors (Lipinski definition) is 7. The molecule has 4 aliphatic carbocycles. The van der Waals surface area contributed by atoms with Crippen LogP contribution in [0.3, 0.4) is 0 Å². The van der Waals surface area contributed by atoms with Crippen LogP contribution in [0.25, 0.3) is 66.9 Å². The summed E-state index contributed by atoms with van der Waals surface area (Å²) < 4.78 is 61.0. The first kappa shape index (κ1) is 69.7. The predicted octanol–water partition coefficient (Wildman–Crippen LogP) is 7.78. The molecular weight excluding hydrogens is 1310 g/mol. The fourth-order valence-corrected chi connectivity index (χ4v) is 14.7. The Morgan fingerprint density at radius 3 is 1.35 bits per heavy atom. The minimum Gasteiger partial charge on any atom is -0.383 e. The maximum Gasteiger partial charge on any atom is 0.406 e. The van der Waals surface area contributed by atoms with Crippen molar-refractivity contribution in [2.24, 2.45) is 5.92 Å². The molecule has 0 bridgehead atoms. The van der Waals surface area contributed by atoms with Crippen molar-refractivity contribution in [2.45, 2.75) is 158 Å². The summed E-state index contributed by atoms with van der Waals surface area (Å²) in [6.07, 6.45) is 15.9. The first-order chi connectivity index (χ1) is 49.6. The molecule has 30 heteroatoms. The molecule has 10 N–H and O–H groups in total. The Balaban J connectivity index is 0.000000130. The maximum atomic E-state index is 12.9. The maximum absolute atomic E-state index is 12.9. The lowest BCUT2D eigenvalue weighted by atomic mass is 10.1. The molecule has 3 saturated heterocycles. The highest BCUT2D eigenvalue weighted by molar-refractivity contribution is 6.00. The highest BCUT2D eigenvalue weighted by Gasteiger charge is 2.44. The largest absolute Gasteiger partial charge is 0.406 e. The lowest BCUT2D eigenvalue weighted by molar-refractivity contribution is -0.182. The predicted molar refractivity (Wildman–Crippen MR) is 377 cm³/mol. The summed E-state index contributed by atoms with van der Waals surface area (Å²) in [5, 5.41) is 28.1. The van der Waals surface area contributed by atoms with E-state index in [0.717, 1.165) is 149 Å². The molecule has 0 spiro atoms. The average Bonchev–Trinajstić information content (AvgIpc) is 1.62. The quantitative estimate of drug-likeness (QED) is 0.0457. The molecular formula is C72H88F3N21O6. The number of carbonyl (C=O) groups excluding carboxylic acids is 3. The standard InChI is InChI=1S/C26H33N7O2.C23H26F3N7O2.C23H29N7O2/c27-24-22-23(31-33(20-3-1-2-4-20)25(22)30-16-29-24)19-9-7-17(8-10-19)13-28-26(34)21-15-35-12-11-32(21)14-18-5-6-18;24-23(25,26)17-11-35-10-16(31-17)22(34)28-9-13-5-7-14(8-6-13)19-18-20(27)29-12-30-21(18)33(32-19)15-3-1-2-4-15;1-29-10-11-32-18(13-29)23(31)25-12-15-6-8-16(9-7-15)20-19-21(24)26-14-27-22(19)30(28-20)17-4-2-3-5-17/h7-10,16,18,20-21H,1-6,11-15H2,(H,28,34)(H2,27,29,30);5-8,12,15-17,31H,1-4,9-11H2,(H,28,34)(H2,27,29,30);6-9,14,17-18H,2-5,10-13H2,1H3,(H,25,31)(H2,24,26,27). The van der Waals surface area contributed by atoms with Crippen LogP contribution in [-0.2, 0) is 48.2 Å². The molecule has 4 atom stereocenters. The van der Waals surface area contributed by atoms with E-state index in [1.807, 2.05) is 93.9 Å². The van der Waals surface area contributed by atoms with E-state index in [2.05, 4.69) is 61.0 Å². The lowest BCUT2D eigenvalue weighted by Gasteiger charge is -2.34. The van der Waals surface area contributed by atoms with Crippen molar-refractivity contribution in [3.8, 4) is 33.8 Å². The van der Waals surface area contributed by atoms with E-state index in [9.17, 15) is 27.6 Å². The van der Waals surface area contributed by atoms with Crippen molar-refractivity contribution >= 4 is 68.3 Å². The van der Waals surface area contributed by atoms with Crippen LogP contribution in [0.2, 0.25) is 0 Å². The molecule has 3 aromatic carbocycles. The van der Waals surface area contributed by atoms with E-state index in [-0.39, 0.29) is 37.0 Å². The van der Waals surface area contributed by atoms with Gasteiger partial charge in [-0.3, -0.25) is 24.6 Å². The summed E-state index contributed by atoms with van der Waals surface area (Å²) in [4.78, 5) is 68.1. The monoisotopic (exact) mass is 1400 g/mol. The zero-order valence-electron chi connectivity index (χ0n) is 57.2. The van der Waals surface area contributed by atoms with Crippen LogP contribution in [0.5, 0.6) is 0 Å². The number of benzene rings is 3. The van der Waals surface area contributed by atoms with E-state index >= 15 is 0 Å². The Morgan fingerprint density at radius 1 is 0.520 bits per heavy atom. The van der Waals surface area contributed by atoms with Crippen LogP contribution in [-0.4, -0.2) is 183 Å². The Labute approximate surface area is 587 Å². The number of rotatable bonds is 17. The van der Waals surface area contributed by atoms with Gasteiger partial charge in [-0.2, -0.15) is 28.5 Å². The van der Waals surface area contributed by atoms with Gasteiger partial charge in [0.2, 0.25) is 11.8 Å². The summed E-state index contributed by atoms with van der Waals surface area (Å²) in [5.41, 5.74) is 28.9. The number of fused-ring (bicyclic) bond motifs is 3. The molecule has 7 fully saturated rings. The van der Waals surface area contributed by atoms with Gasteiger partial charge in [-0.15, -0.1) is 0 Å². The average molecular weight is 1400 g/mol. The summed E-state index contributed by atoms with van der Waals surface area (Å²) in [5.74, 6) is 1.44. The van der Waals surface area contributed by atoms with Crippen molar-refractivity contribution in [3.63, 3.8) is 0 Å². The molecule has 4 saturated carbocycles. The topological polar surface area (TPSA) is 342 Å². The van der Waals surface area contributed by atoms with Crippen LogP contribution in [0.4, 0.5) is 30.6 Å². The summed E-state index contributed by atoms with van der Waals surface area (Å²) in [7, 11) is 2.00. The molecule has 7 aliphatic rings. The number of nitrogens with two attached hydrogens (primary N) is 3. The van der Waals surface area contributed by atoms with Gasteiger partial charge in [-0.05, 0) is 81.0 Å². The molecule has 4 unspecified atom stereocenters. The number of halogens is 3. The van der Waals surface area contributed by atoms with E-state index < -0.39 is 36.9 Å². The van der Waals surface area contributed by atoms with Gasteiger partial charge in [0.15, 0.2) is 16.9 Å². The van der Waals surface area contributed by atoms with Crippen molar-refractivity contribution in [3.05, 3.63) is 108 Å². The highest BCUT2D eigenvalue weighted by Crippen LogP contribution is 2.40. The second-order valence-corrected chi connectivity index (χ2v) is 27.8. The Morgan fingerprint density at radius 2 is 0.941 bits per heavy atom. The molecule has 538 valence electrons. The van der Waals surface area contributed by atoms with Gasteiger partial charge in [0, 0.05) is 62.5 Å². The first-order valence-corrected chi connectivity index (χ1v) is 35.7. The van der Waals surface area contributed by atoms with Crippen molar-refractivity contribution in [1.82, 2.24) is 90.3 Å². The molecule has 9 heterocycles. The van der Waals surface area contributed by atoms with E-state index in [1.54, 1.807) is 0 Å². The smallest absolute Gasteiger partial charge is 0.383 e. The third-order valence-electron chi connectivity index (χ3n) is 20.6. The molecule has 9 aromatic rings. The van der Waals surface area contributed by atoms with E-state index in [1.165, 1.54) is 57.5 Å². The van der Waals surface area contributed by atoms with Crippen molar-refractivity contribution in [2.75, 3.05) is 83.5 Å². The fourth-order valence-electron chi connectivity index (χ4n) is 14.7. The third-order valence-corrected chi connectivity index (χ3v) is 20.6. The number of nitrogens with one attached hydrogen (secondary N) is 4. The van der Waals surface area contributed by atoms with Gasteiger partial charge in [0.1, 0.15) is 77.7 Å². The second-order valence-electron chi connectivity index (χ2n) is 27.8. The van der Waals surface area contributed by atoms with Crippen LogP contribution in [0.15, 0.2) is 91.8 Å². The number of ether oxygens (including phenoxy) is 3. The van der Waals surface area contributed by atoms with Gasteiger partial charge in [-0.1, -0.05) is 111 Å². The number of carbonyl (C=O) groups is 3. The van der Waals surface area contributed by atoms with Gasteiger partial charge in [0.25, 0.3) is 5.91 Å². The molecule has 102 heavy (non-hydrogen) atoms. The number of aromatic nitrogens is 12. The first-order valence-electron chi connectivity index (χ1n) is 35.7. The molecule has 0 radical (unpaired) electrons. The number of hydrogen-bond acceptors (Lipinski definition) is 21. The minimum absolute atomic E-state index is 0.0423.